The van der Waals surface area contributed by atoms with E-state index in [-0.39, 0.29) is 0 Å². The Hall–Kier alpha value is -1.29. The van der Waals surface area contributed by atoms with Crippen LogP contribution in [0.4, 0.5) is 11.5 Å². The molecule has 0 spiro atoms. The SMILES string of the molecule is CC(C)c1cc(Nc2ccc(Cl)cc2Cl)ncc1CNCC1CCC1. The molecule has 0 unspecified atom stereocenters. The lowest BCUT2D eigenvalue weighted by Crippen LogP contribution is -2.27. The Morgan fingerprint density at radius 3 is 2.64 bits per heavy atom. The van der Waals surface area contributed by atoms with E-state index >= 15 is 0 Å². The highest BCUT2D eigenvalue weighted by Crippen LogP contribution is 2.30. The number of pyridine rings is 1. The average molecular weight is 378 g/mol. The van der Waals surface area contributed by atoms with Crippen LogP contribution < -0.4 is 10.6 Å². The van der Waals surface area contributed by atoms with Crippen LogP contribution >= 0.6 is 23.2 Å². The maximum atomic E-state index is 6.25. The fraction of sp³-hybridized carbons (Fsp3) is 0.450. The predicted octanol–water partition coefficient (Wildman–Crippen LogP) is 6.15. The van der Waals surface area contributed by atoms with E-state index in [1.54, 1.807) is 6.07 Å². The van der Waals surface area contributed by atoms with Gasteiger partial charge in [-0.2, -0.15) is 0 Å². The summed E-state index contributed by atoms with van der Waals surface area (Å²) in [5.41, 5.74) is 3.38. The summed E-state index contributed by atoms with van der Waals surface area (Å²) < 4.78 is 0. The van der Waals surface area contributed by atoms with E-state index in [0.717, 1.165) is 30.5 Å². The van der Waals surface area contributed by atoms with Crippen molar-refractivity contribution >= 4 is 34.7 Å². The van der Waals surface area contributed by atoms with E-state index in [1.807, 2.05) is 18.3 Å². The van der Waals surface area contributed by atoms with E-state index < -0.39 is 0 Å². The highest BCUT2D eigenvalue weighted by molar-refractivity contribution is 6.36. The van der Waals surface area contributed by atoms with Gasteiger partial charge in [0.15, 0.2) is 0 Å². The molecule has 0 bridgehead atoms. The lowest BCUT2D eigenvalue weighted by atomic mass is 9.85. The summed E-state index contributed by atoms with van der Waals surface area (Å²) in [7, 11) is 0. The third-order valence-electron chi connectivity index (χ3n) is 4.81. The van der Waals surface area contributed by atoms with Crippen LogP contribution in [0.15, 0.2) is 30.5 Å². The van der Waals surface area contributed by atoms with Gasteiger partial charge < -0.3 is 10.6 Å². The Bertz CT molecular complexity index is 727. The highest BCUT2D eigenvalue weighted by Gasteiger charge is 2.17. The van der Waals surface area contributed by atoms with Crippen LogP contribution in [0, 0.1) is 5.92 Å². The number of benzene rings is 1. The van der Waals surface area contributed by atoms with Crippen molar-refractivity contribution in [1.29, 1.82) is 0 Å². The zero-order valence-electron chi connectivity index (χ0n) is 14.8. The van der Waals surface area contributed by atoms with Gasteiger partial charge in [0.1, 0.15) is 5.82 Å². The molecule has 1 aliphatic carbocycles. The number of anilines is 2. The second-order valence-electron chi connectivity index (χ2n) is 7.10. The fourth-order valence-corrected chi connectivity index (χ4v) is 3.55. The standard InChI is InChI=1S/C20H25Cl2N3/c1-13(2)17-9-20(25-19-7-6-16(21)8-18(19)22)24-12-15(17)11-23-10-14-4-3-5-14/h6-9,12-14,23H,3-5,10-11H2,1-2H3,(H,24,25). The van der Waals surface area contributed by atoms with Crippen LogP contribution in [0.1, 0.15) is 50.2 Å². The minimum atomic E-state index is 0.435. The smallest absolute Gasteiger partial charge is 0.130 e. The van der Waals surface area contributed by atoms with Gasteiger partial charge in [-0.3, -0.25) is 0 Å². The molecule has 0 atom stereocenters. The van der Waals surface area contributed by atoms with E-state index in [9.17, 15) is 0 Å². The quantitative estimate of drug-likeness (QED) is 0.607. The minimum absolute atomic E-state index is 0.435. The topological polar surface area (TPSA) is 37.0 Å². The molecule has 1 saturated carbocycles. The molecule has 0 saturated heterocycles. The van der Waals surface area contributed by atoms with Crippen LogP contribution in [-0.4, -0.2) is 11.5 Å². The molecule has 3 rings (SSSR count). The van der Waals surface area contributed by atoms with Crippen LogP contribution in [-0.2, 0) is 6.54 Å². The molecule has 0 radical (unpaired) electrons. The summed E-state index contributed by atoms with van der Waals surface area (Å²) in [5.74, 6) is 2.10. The summed E-state index contributed by atoms with van der Waals surface area (Å²) in [6, 6.07) is 7.54. The van der Waals surface area contributed by atoms with E-state index in [4.69, 9.17) is 23.2 Å². The lowest BCUT2D eigenvalue weighted by Gasteiger charge is -2.26. The molecular formula is C20H25Cl2N3. The summed E-state index contributed by atoms with van der Waals surface area (Å²) in [6.07, 6.45) is 6.09. The summed E-state index contributed by atoms with van der Waals surface area (Å²) in [4.78, 5) is 4.57. The van der Waals surface area contributed by atoms with Crippen molar-refractivity contribution in [2.45, 2.75) is 45.6 Å². The first-order valence-electron chi connectivity index (χ1n) is 8.94. The van der Waals surface area contributed by atoms with Crippen molar-refractivity contribution in [2.75, 3.05) is 11.9 Å². The minimum Gasteiger partial charge on any atom is -0.339 e. The first-order chi connectivity index (χ1) is 12.0. The van der Waals surface area contributed by atoms with Gasteiger partial charge in [-0.25, -0.2) is 4.98 Å². The van der Waals surface area contributed by atoms with Crippen LogP contribution in [0.3, 0.4) is 0 Å². The number of hydrogen-bond acceptors (Lipinski definition) is 3. The molecule has 1 fully saturated rings. The van der Waals surface area contributed by atoms with Crippen LogP contribution in [0.25, 0.3) is 0 Å². The molecule has 1 aromatic heterocycles. The normalized spacial score (nSPS) is 14.6. The second kappa shape index (κ2) is 8.39. The number of nitrogens with one attached hydrogen (secondary N) is 2. The Labute approximate surface area is 160 Å². The third kappa shape index (κ3) is 4.87. The van der Waals surface area contributed by atoms with Gasteiger partial charge in [0, 0.05) is 17.8 Å². The summed E-state index contributed by atoms with van der Waals surface area (Å²) in [5, 5.41) is 8.09. The van der Waals surface area contributed by atoms with Gasteiger partial charge in [0.25, 0.3) is 0 Å². The Morgan fingerprint density at radius 2 is 2.00 bits per heavy atom. The number of hydrogen-bond donors (Lipinski definition) is 2. The molecule has 25 heavy (non-hydrogen) atoms. The van der Waals surface area contributed by atoms with Crippen LogP contribution in [0.5, 0.6) is 0 Å². The number of nitrogens with zero attached hydrogens (tertiary/aromatic N) is 1. The van der Waals surface area contributed by atoms with Gasteiger partial charge in [0.05, 0.1) is 10.7 Å². The van der Waals surface area contributed by atoms with Crippen molar-refractivity contribution in [3.63, 3.8) is 0 Å². The molecule has 2 N–H and O–H groups in total. The van der Waals surface area contributed by atoms with E-state index in [0.29, 0.717) is 16.0 Å². The second-order valence-corrected chi connectivity index (χ2v) is 7.94. The van der Waals surface area contributed by atoms with Gasteiger partial charge in [0.2, 0.25) is 0 Å². The number of halogens is 2. The van der Waals surface area contributed by atoms with Crippen molar-refractivity contribution in [3.05, 3.63) is 51.6 Å². The zero-order chi connectivity index (χ0) is 17.8. The van der Waals surface area contributed by atoms with Crippen molar-refractivity contribution < 1.29 is 0 Å². The molecule has 1 aliphatic rings. The molecule has 0 aliphatic heterocycles. The van der Waals surface area contributed by atoms with Gasteiger partial charge in [-0.05, 0) is 66.6 Å². The summed E-state index contributed by atoms with van der Waals surface area (Å²) >= 11 is 12.2. The zero-order valence-corrected chi connectivity index (χ0v) is 16.3. The van der Waals surface area contributed by atoms with Gasteiger partial charge >= 0.3 is 0 Å². The maximum Gasteiger partial charge on any atom is 0.130 e. The number of rotatable bonds is 7. The fourth-order valence-electron chi connectivity index (χ4n) is 3.09. The molecular weight excluding hydrogens is 353 g/mol. The Kier molecular flexibility index (Phi) is 6.21. The molecule has 0 amide bonds. The van der Waals surface area contributed by atoms with Crippen LogP contribution in [0.2, 0.25) is 10.0 Å². The first kappa shape index (κ1) is 18.5. The van der Waals surface area contributed by atoms with Crippen molar-refractivity contribution in [2.24, 2.45) is 5.92 Å². The maximum absolute atomic E-state index is 6.25. The van der Waals surface area contributed by atoms with Crippen molar-refractivity contribution in [1.82, 2.24) is 10.3 Å². The summed E-state index contributed by atoms with van der Waals surface area (Å²) in [6.45, 7) is 6.41. The molecule has 2 aromatic rings. The highest BCUT2D eigenvalue weighted by atomic mass is 35.5. The van der Waals surface area contributed by atoms with Gasteiger partial charge in [-0.15, -0.1) is 0 Å². The van der Waals surface area contributed by atoms with E-state index in [2.05, 4.69) is 35.5 Å². The average Bonchev–Trinajstić information content (AvgIpc) is 2.53. The van der Waals surface area contributed by atoms with E-state index in [1.165, 1.54) is 30.4 Å². The molecule has 1 heterocycles. The third-order valence-corrected chi connectivity index (χ3v) is 5.36. The van der Waals surface area contributed by atoms with Gasteiger partial charge in [-0.1, -0.05) is 43.5 Å². The largest absolute Gasteiger partial charge is 0.339 e. The monoisotopic (exact) mass is 377 g/mol. The number of aromatic nitrogens is 1. The first-order valence-corrected chi connectivity index (χ1v) is 9.70. The Balaban J connectivity index is 1.71. The molecule has 134 valence electrons. The predicted molar refractivity (Wildman–Crippen MR) is 107 cm³/mol. The lowest BCUT2D eigenvalue weighted by molar-refractivity contribution is 0.301. The Morgan fingerprint density at radius 1 is 1.20 bits per heavy atom. The molecule has 1 aromatic carbocycles. The molecule has 5 heteroatoms. The van der Waals surface area contributed by atoms with Crippen molar-refractivity contribution in [3.8, 4) is 0 Å². The molecule has 3 nitrogen and oxygen atoms in total.